The van der Waals surface area contributed by atoms with Crippen molar-refractivity contribution in [3.63, 3.8) is 0 Å². The minimum absolute atomic E-state index is 0.913. The molecule has 1 aliphatic heterocycles. The Balaban J connectivity index is 1.19. The Morgan fingerprint density at radius 1 is 0.364 bits per heavy atom. The number of benzene rings is 8. The molecule has 8 aromatic carbocycles. The van der Waals surface area contributed by atoms with Gasteiger partial charge in [0.25, 0.3) is 0 Å². The summed E-state index contributed by atoms with van der Waals surface area (Å²) in [5, 5.41) is 10.1. The van der Waals surface area contributed by atoms with Crippen LogP contribution in [0.25, 0.3) is 82.1 Å². The van der Waals surface area contributed by atoms with Gasteiger partial charge in [0.1, 0.15) is 11.5 Å². The van der Waals surface area contributed by atoms with Gasteiger partial charge in [-0.25, -0.2) is 0 Å². The van der Waals surface area contributed by atoms with Crippen LogP contribution >= 0.6 is 0 Å². The summed E-state index contributed by atoms with van der Waals surface area (Å²) in [7, 11) is 0. The lowest BCUT2D eigenvalue weighted by Gasteiger charge is -2.22. The third-order valence-corrected chi connectivity index (χ3v) is 9.38. The van der Waals surface area contributed by atoms with E-state index in [0.717, 1.165) is 22.7 Å². The lowest BCUT2D eigenvalue weighted by atomic mass is 9.90. The summed E-state index contributed by atoms with van der Waals surface area (Å²) >= 11 is 0. The first-order valence-electron chi connectivity index (χ1n) is 15.1. The summed E-state index contributed by atoms with van der Waals surface area (Å²) in [5.41, 5.74) is 8.36. The maximum absolute atomic E-state index is 6.35. The second kappa shape index (κ2) is 8.82. The largest absolute Gasteiger partial charge is 0.456 e. The number of nitrogens with zero attached hydrogens (tertiary/aromatic N) is 1. The summed E-state index contributed by atoms with van der Waals surface area (Å²) in [6.07, 6.45) is 0. The fourth-order valence-corrected chi connectivity index (χ4v) is 7.45. The second-order valence-electron chi connectivity index (χ2n) is 11.7. The number of aromatic nitrogens is 1. The smallest absolute Gasteiger partial charge is 0.135 e. The van der Waals surface area contributed by atoms with E-state index in [2.05, 4.69) is 144 Å². The van der Waals surface area contributed by atoms with Crippen molar-refractivity contribution in [1.82, 2.24) is 4.57 Å². The molecule has 44 heavy (non-hydrogen) atoms. The van der Waals surface area contributed by atoms with Crippen molar-refractivity contribution in [2.45, 2.75) is 0 Å². The van der Waals surface area contributed by atoms with Gasteiger partial charge >= 0.3 is 0 Å². The van der Waals surface area contributed by atoms with Gasteiger partial charge < -0.3 is 9.30 Å². The van der Waals surface area contributed by atoms with Crippen LogP contribution in [0.5, 0.6) is 11.5 Å². The van der Waals surface area contributed by atoms with Gasteiger partial charge in [0, 0.05) is 27.4 Å². The van der Waals surface area contributed by atoms with Crippen molar-refractivity contribution in [2.75, 3.05) is 0 Å². The van der Waals surface area contributed by atoms with Crippen LogP contribution in [-0.4, -0.2) is 4.57 Å². The summed E-state index contributed by atoms with van der Waals surface area (Å²) < 4.78 is 8.77. The van der Waals surface area contributed by atoms with Crippen LogP contribution in [0.2, 0.25) is 0 Å². The summed E-state index contributed by atoms with van der Waals surface area (Å²) in [4.78, 5) is 0. The van der Waals surface area contributed by atoms with E-state index in [0.29, 0.717) is 0 Å². The molecule has 0 atom stereocenters. The molecule has 0 unspecified atom stereocenters. The van der Waals surface area contributed by atoms with Gasteiger partial charge in [0.2, 0.25) is 0 Å². The minimum atomic E-state index is 0.913. The Hall–Kier alpha value is -5.86. The van der Waals surface area contributed by atoms with Crippen LogP contribution in [0.4, 0.5) is 0 Å². The zero-order chi connectivity index (χ0) is 28.8. The molecule has 0 aliphatic carbocycles. The summed E-state index contributed by atoms with van der Waals surface area (Å²) in [5.74, 6) is 1.83. The summed E-state index contributed by atoms with van der Waals surface area (Å²) in [6.45, 7) is 0. The Labute approximate surface area is 254 Å². The van der Waals surface area contributed by atoms with E-state index in [1.165, 1.54) is 70.8 Å². The molecular weight excluding hydrogens is 534 g/mol. The van der Waals surface area contributed by atoms with Crippen molar-refractivity contribution in [2.24, 2.45) is 0 Å². The Morgan fingerprint density at radius 3 is 1.70 bits per heavy atom. The first kappa shape index (κ1) is 23.7. The molecule has 2 heterocycles. The van der Waals surface area contributed by atoms with Crippen molar-refractivity contribution in [3.8, 4) is 39.4 Å². The minimum Gasteiger partial charge on any atom is -0.456 e. The SMILES string of the molecule is c1ccc2c(c1)Oc1ccc(-c3ccc(-n4c5ccc6ccccc6c5c5c6ccccc6ccc54)cc3)c3cccc-2c13. The van der Waals surface area contributed by atoms with E-state index in [9.17, 15) is 0 Å². The molecule has 1 aliphatic rings. The lowest BCUT2D eigenvalue weighted by Crippen LogP contribution is -1.98. The van der Waals surface area contributed by atoms with Crippen LogP contribution in [0.1, 0.15) is 0 Å². The Morgan fingerprint density at radius 2 is 0.977 bits per heavy atom. The van der Waals surface area contributed by atoms with Gasteiger partial charge in [-0.1, -0.05) is 115 Å². The second-order valence-corrected chi connectivity index (χ2v) is 11.7. The molecule has 2 heteroatoms. The maximum atomic E-state index is 6.35. The van der Waals surface area contributed by atoms with E-state index in [4.69, 9.17) is 4.74 Å². The molecule has 10 rings (SSSR count). The molecule has 0 saturated carbocycles. The first-order chi connectivity index (χ1) is 21.8. The van der Waals surface area contributed by atoms with Gasteiger partial charge in [-0.05, 0) is 80.0 Å². The fourth-order valence-electron chi connectivity index (χ4n) is 7.45. The van der Waals surface area contributed by atoms with Crippen molar-refractivity contribution in [1.29, 1.82) is 0 Å². The number of fused-ring (bicyclic) bond motifs is 9. The van der Waals surface area contributed by atoms with E-state index in [1.54, 1.807) is 0 Å². The van der Waals surface area contributed by atoms with E-state index in [1.807, 2.05) is 12.1 Å². The molecule has 0 saturated heterocycles. The molecule has 204 valence electrons. The molecule has 0 radical (unpaired) electrons. The molecule has 0 spiro atoms. The quantitative estimate of drug-likeness (QED) is 0.205. The monoisotopic (exact) mass is 559 g/mol. The highest BCUT2D eigenvalue weighted by atomic mass is 16.5. The number of ether oxygens (including phenoxy) is 1. The van der Waals surface area contributed by atoms with Gasteiger partial charge in [-0.2, -0.15) is 0 Å². The summed E-state index contributed by atoms with van der Waals surface area (Å²) in [6, 6.07) is 54.8. The molecule has 0 bridgehead atoms. The van der Waals surface area contributed by atoms with E-state index < -0.39 is 0 Å². The zero-order valence-corrected chi connectivity index (χ0v) is 23.8. The van der Waals surface area contributed by atoms with Gasteiger partial charge in [0.05, 0.1) is 11.0 Å². The Bertz CT molecular complexity index is 2530. The van der Waals surface area contributed by atoms with Crippen LogP contribution in [0.15, 0.2) is 152 Å². The predicted molar refractivity (Wildman–Crippen MR) is 184 cm³/mol. The highest BCUT2D eigenvalue weighted by Gasteiger charge is 2.21. The topological polar surface area (TPSA) is 14.2 Å². The highest BCUT2D eigenvalue weighted by Crippen LogP contribution is 2.48. The average Bonchev–Trinajstić information content (AvgIpc) is 3.44. The van der Waals surface area contributed by atoms with Gasteiger partial charge in [-0.15, -0.1) is 0 Å². The molecule has 0 fully saturated rings. The third kappa shape index (κ3) is 3.20. The molecule has 1 aromatic heterocycles. The average molecular weight is 560 g/mol. The fraction of sp³-hybridized carbons (Fsp3) is 0. The lowest BCUT2D eigenvalue weighted by molar-refractivity contribution is 0.487. The van der Waals surface area contributed by atoms with E-state index in [-0.39, 0.29) is 0 Å². The van der Waals surface area contributed by atoms with Gasteiger partial charge in [0.15, 0.2) is 0 Å². The molecule has 2 nitrogen and oxygen atoms in total. The predicted octanol–water partition coefficient (Wildman–Crippen LogP) is 11.7. The van der Waals surface area contributed by atoms with Crippen molar-refractivity contribution < 1.29 is 4.74 Å². The molecule has 0 N–H and O–H groups in total. The van der Waals surface area contributed by atoms with Crippen molar-refractivity contribution >= 4 is 54.1 Å². The number of hydrogen-bond donors (Lipinski definition) is 0. The standard InChI is InChI=1S/C42H25NO/c1-3-10-31-26(8-1)18-23-36-41(31)42-32-11-4-2-9-27(32)19-24-37(42)43(36)29-20-16-28(17-21-29)30-22-25-39-40-34(30)13-7-14-35(40)33-12-5-6-15-38(33)44-39/h1-25H. The van der Waals surface area contributed by atoms with Gasteiger partial charge in [-0.3, -0.25) is 0 Å². The maximum Gasteiger partial charge on any atom is 0.135 e. The third-order valence-electron chi connectivity index (χ3n) is 9.38. The Kier molecular flexibility index (Phi) is 4.75. The molecular formula is C42H25NO. The van der Waals surface area contributed by atoms with Crippen LogP contribution in [-0.2, 0) is 0 Å². The van der Waals surface area contributed by atoms with E-state index >= 15 is 0 Å². The van der Waals surface area contributed by atoms with Crippen LogP contribution in [0, 0.1) is 0 Å². The zero-order valence-electron chi connectivity index (χ0n) is 23.8. The highest BCUT2D eigenvalue weighted by molar-refractivity contribution is 6.28. The molecule has 9 aromatic rings. The number of rotatable bonds is 2. The number of hydrogen-bond acceptors (Lipinski definition) is 1. The number of para-hydroxylation sites is 1. The van der Waals surface area contributed by atoms with Crippen molar-refractivity contribution in [3.05, 3.63) is 152 Å². The normalized spacial score (nSPS) is 12.3. The van der Waals surface area contributed by atoms with Crippen LogP contribution < -0.4 is 4.74 Å². The molecule has 0 amide bonds. The van der Waals surface area contributed by atoms with Crippen LogP contribution in [0.3, 0.4) is 0 Å². The first-order valence-corrected chi connectivity index (χ1v) is 15.1.